The first-order valence-electron chi connectivity index (χ1n) is 8.45. The third-order valence-electron chi connectivity index (χ3n) is 5.64. The Balaban J connectivity index is 1.80. The van der Waals surface area contributed by atoms with Gasteiger partial charge in [-0.25, -0.2) is 0 Å². The minimum absolute atomic E-state index is 0.0842. The van der Waals surface area contributed by atoms with Crippen molar-refractivity contribution in [1.29, 1.82) is 0 Å². The summed E-state index contributed by atoms with van der Waals surface area (Å²) < 4.78 is 24.1. The molecule has 6 heteroatoms. The number of benzene rings is 1. The van der Waals surface area contributed by atoms with Gasteiger partial charge >= 0.3 is 0 Å². The van der Waals surface area contributed by atoms with Crippen LogP contribution in [0.25, 0.3) is 0 Å². The van der Waals surface area contributed by atoms with Crippen LogP contribution in [0.3, 0.4) is 0 Å². The number of aliphatic hydroxyl groups is 1. The number of carbonyl (C=O) groups is 1. The first-order valence-corrected chi connectivity index (χ1v) is 9.60. The van der Waals surface area contributed by atoms with Gasteiger partial charge < -0.3 is 14.6 Å². The van der Waals surface area contributed by atoms with Crippen molar-refractivity contribution in [3.63, 3.8) is 0 Å². The van der Waals surface area contributed by atoms with Crippen LogP contribution in [0.5, 0.6) is 0 Å². The maximum atomic E-state index is 13.4. The third-order valence-corrected chi connectivity index (χ3v) is 7.57. The van der Waals surface area contributed by atoms with E-state index in [4.69, 9.17) is 9.47 Å². The Kier molecular flexibility index (Phi) is 3.91. The smallest absolute Gasteiger partial charge is 0.171 e. The Morgan fingerprint density at radius 2 is 1.83 bits per heavy atom. The lowest BCUT2D eigenvalue weighted by atomic mass is 9.63. The molecule has 1 spiro atoms. The Morgan fingerprint density at radius 1 is 1.17 bits per heavy atom. The van der Waals surface area contributed by atoms with E-state index >= 15 is 0 Å². The topological polar surface area (TPSA) is 72.8 Å². The van der Waals surface area contributed by atoms with E-state index < -0.39 is 33.4 Å². The summed E-state index contributed by atoms with van der Waals surface area (Å²) in [5.74, 6) is -1.64. The standard InChI is InChI=1S/C18H22O5S/c1-12-9-17(24(21)13-5-3-2-4-6-13)11-18(22-7-8-23-18)10-14(15(12)19)16(17)20/h2-6,12,14-15,19H,7-11H2,1H3/t12-,14+,15-,17-,24?/m0/s1. The van der Waals surface area contributed by atoms with E-state index in [1.54, 1.807) is 12.1 Å². The van der Waals surface area contributed by atoms with E-state index in [1.165, 1.54) is 0 Å². The number of ketones is 1. The van der Waals surface area contributed by atoms with Gasteiger partial charge in [-0.2, -0.15) is 0 Å². The average molecular weight is 350 g/mol. The van der Waals surface area contributed by atoms with Crippen LogP contribution in [-0.2, 0) is 25.1 Å². The minimum atomic E-state index is -1.51. The number of aliphatic hydroxyl groups excluding tert-OH is 1. The number of hydrogen-bond donors (Lipinski definition) is 1. The number of fused-ring (bicyclic) bond motifs is 2. The van der Waals surface area contributed by atoms with E-state index in [9.17, 15) is 14.1 Å². The lowest BCUT2D eigenvalue weighted by Crippen LogP contribution is -2.65. The van der Waals surface area contributed by atoms with Gasteiger partial charge in [-0.15, -0.1) is 0 Å². The van der Waals surface area contributed by atoms with Crippen molar-refractivity contribution in [2.45, 2.75) is 47.7 Å². The molecule has 0 aromatic heterocycles. The zero-order chi connectivity index (χ0) is 16.9. The molecule has 5 atom stereocenters. The summed E-state index contributed by atoms with van der Waals surface area (Å²) in [5.41, 5.74) is 0. The lowest BCUT2D eigenvalue weighted by Gasteiger charge is -2.52. The van der Waals surface area contributed by atoms with Gasteiger partial charge in [-0.05, 0) is 24.5 Å². The van der Waals surface area contributed by atoms with Crippen molar-refractivity contribution in [2.75, 3.05) is 13.2 Å². The maximum absolute atomic E-state index is 13.4. The van der Waals surface area contributed by atoms with E-state index in [0.717, 1.165) is 0 Å². The fourth-order valence-corrected chi connectivity index (χ4v) is 6.52. The molecular weight excluding hydrogens is 328 g/mol. The largest absolute Gasteiger partial charge is 0.392 e. The zero-order valence-corrected chi connectivity index (χ0v) is 14.5. The summed E-state index contributed by atoms with van der Waals surface area (Å²) in [6.07, 6.45) is 0.307. The Labute approximate surface area is 143 Å². The van der Waals surface area contributed by atoms with Gasteiger partial charge in [-0.1, -0.05) is 25.1 Å². The average Bonchev–Trinajstić information content (AvgIpc) is 3.04. The molecule has 1 aromatic rings. The van der Waals surface area contributed by atoms with Crippen molar-refractivity contribution < 1.29 is 23.6 Å². The van der Waals surface area contributed by atoms with E-state index in [0.29, 0.717) is 37.4 Å². The van der Waals surface area contributed by atoms with E-state index in [2.05, 4.69) is 0 Å². The first kappa shape index (κ1) is 16.4. The number of carbonyl (C=O) groups excluding carboxylic acids is 1. The normalized spacial score (nSPS) is 39.1. The van der Waals surface area contributed by atoms with Crippen LogP contribution in [-0.4, -0.2) is 45.0 Å². The molecule has 24 heavy (non-hydrogen) atoms. The SMILES string of the molecule is C[C@H]1C[C@]2(S(=O)c3ccccc3)CC3(C[C@@H](C2=O)[C@H]1O)OCCO3. The molecule has 2 saturated carbocycles. The van der Waals surface area contributed by atoms with Crippen molar-refractivity contribution in [1.82, 2.24) is 0 Å². The van der Waals surface area contributed by atoms with Crippen LogP contribution >= 0.6 is 0 Å². The lowest BCUT2D eigenvalue weighted by molar-refractivity contribution is -0.211. The van der Waals surface area contributed by atoms with E-state index in [-0.39, 0.29) is 11.7 Å². The highest BCUT2D eigenvalue weighted by Crippen LogP contribution is 2.53. The number of hydrogen-bond acceptors (Lipinski definition) is 5. The van der Waals surface area contributed by atoms with Gasteiger partial charge in [-0.3, -0.25) is 9.00 Å². The molecule has 1 unspecified atom stereocenters. The molecular formula is C18H22O5S. The molecule has 1 heterocycles. The Bertz CT molecular complexity index is 669. The number of Topliss-reactive ketones (excluding diaryl/α,β-unsaturated/α-hetero) is 1. The van der Waals surface area contributed by atoms with Crippen LogP contribution in [0.4, 0.5) is 0 Å². The molecule has 0 radical (unpaired) electrons. The van der Waals surface area contributed by atoms with Crippen molar-refractivity contribution >= 4 is 16.6 Å². The van der Waals surface area contributed by atoms with Gasteiger partial charge in [0.1, 0.15) is 4.75 Å². The molecule has 2 bridgehead atoms. The molecule has 1 aliphatic heterocycles. The predicted molar refractivity (Wildman–Crippen MR) is 87.7 cm³/mol. The van der Waals surface area contributed by atoms with Gasteiger partial charge in [0, 0.05) is 17.7 Å². The fourth-order valence-electron chi connectivity index (χ4n) is 4.57. The molecule has 1 saturated heterocycles. The summed E-state index contributed by atoms with van der Waals surface area (Å²) in [7, 11) is -1.51. The van der Waals surface area contributed by atoms with Gasteiger partial charge in [0.15, 0.2) is 11.6 Å². The van der Waals surface area contributed by atoms with Crippen LogP contribution < -0.4 is 0 Å². The van der Waals surface area contributed by atoms with Gasteiger partial charge in [0.2, 0.25) is 0 Å². The highest BCUT2D eigenvalue weighted by molar-refractivity contribution is 7.87. The van der Waals surface area contributed by atoms with Crippen molar-refractivity contribution in [3.8, 4) is 0 Å². The second-order valence-corrected chi connectivity index (χ2v) is 9.00. The molecule has 4 rings (SSSR count). The fraction of sp³-hybridized carbons (Fsp3) is 0.611. The summed E-state index contributed by atoms with van der Waals surface area (Å²) in [6, 6.07) is 9.10. The summed E-state index contributed by atoms with van der Waals surface area (Å²) >= 11 is 0. The molecule has 3 aliphatic rings. The Hall–Kier alpha value is -1.08. The zero-order valence-electron chi connectivity index (χ0n) is 13.6. The van der Waals surface area contributed by atoms with Crippen molar-refractivity contribution in [3.05, 3.63) is 30.3 Å². The molecule has 130 valence electrons. The van der Waals surface area contributed by atoms with Crippen molar-refractivity contribution in [2.24, 2.45) is 11.8 Å². The molecule has 2 aliphatic carbocycles. The van der Waals surface area contributed by atoms with E-state index in [1.807, 2.05) is 25.1 Å². The van der Waals surface area contributed by atoms with Crippen LogP contribution in [0, 0.1) is 11.8 Å². The molecule has 1 N–H and O–H groups in total. The highest BCUT2D eigenvalue weighted by Gasteiger charge is 2.64. The quantitative estimate of drug-likeness (QED) is 0.878. The maximum Gasteiger partial charge on any atom is 0.171 e. The second kappa shape index (κ2) is 5.73. The third kappa shape index (κ3) is 2.31. The molecule has 1 aromatic carbocycles. The Morgan fingerprint density at radius 3 is 2.50 bits per heavy atom. The second-order valence-electron chi connectivity index (χ2n) is 7.21. The molecule has 5 nitrogen and oxygen atoms in total. The van der Waals surface area contributed by atoms with Crippen LogP contribution in [0.1, 0.15) is 26.2 Å². The van der Waals surface area contributed by atoms with Crippen LogP contribution in [0.2, 0.25) is 0 Å². The summed E-state index contributed by atoms with van der Waals surface area (Å²) in [6.45, 7) is 2.87. The first-order chi connectivity index (χ1) is 11.5. The molecule has 3 fully saturated rings. The summed E-state index contributed by atoms with van der Waals surface area (Å²) in [5, 5.41) is 10.5. The monoisotopic (exact) mass is 350 g/mol. The minimum Gasteiger partial charge on any atom is -0.392 e. The van der Waals surface area contributed by atoms with Crippen LogP contribution in [0.15, 0.2) is 35.2 Å². The summed E-state index contributed by atoms with van der Waals surface area (Å²) in [4.78, 5) is 13.8. The van der Waals surface area contributed by atoms with Gasteiger partial charge in [0.25, 0.3) is 0 Å². The number of ether oxygens (including phenoxy) is 2. The number of rotatable bonds is 2. The molecule has 0 amide bonds. The highest BCUT2D eigenvalue weighted by atomic mass is 32.2. The van der Waals surface area contributed by atoms with Gasteiger partial charge in [0.05, 0.1) is 36.0 Å². The predicted octanol–water partition coefficient (Wildman–Crippen LogP) is 1.66.